The Morgan fingerprint density at radius 3 is 2.27 bits per heavy atom. The van der Waals surface area contributed by atoms with Gasteiger partial charge in [-0.1, -0.05) is 32.6 Å². The van der Waals surface area contributed by atoms with Gasteiger partial charge in [0.2, 0.25) is 0 Å². The fourth-order valence-corrected chi connectivity index (χ4v) is 1.44. The highest BCUT2D eigenvalue weighted by molar-refractivity contribution is 7.46. The maximum atomic E-state index is 10.3. The zero-order chi connectivity index (χ0) is 11.6. The van der Waals surface area contributed by atoms with Crippen molar-refractivity contribution in [1.29, 1.82) is 0 Å². The van der Waals surface area contributed by atoms with E-state index in [1.807, 2.05) is 0 Å². The summed E-state index contributed by atoms with van der Waals surface area (Å²) in [6.07, 6.45) is 5.83. The van der Waals surface area contributed by atoms with Crippen LogP contribution in [0.3, 0.4) is 0 Å². The summed E-state index contributed by atoms with van der Waals surface area (Å²) < 4.78 is 19.6. The molecule has 0 radical (unpaired) electrons. The molecule has 0 spiro atoms. The molecule has 15 heavy (non-hydrogen) atoms. The summed E-state index contributed by atoms with van der Waals surface area (Å²) in [4.78, 5) is 16.7. The van der Waals surface area contributed by atoms with Crippen LogP contribution in [0.2, 0.25) is 0 Å². The molecule has 6 heteroatoms. The molecule has 0 aromatic heterocycles. The summed E-state index contributed by atoms with van der Waals surface area (Å²) in [6.45, 7) is 2.97. The van der Waals surface area contributed by atoms with Gasteiger partial charge < -0.3 is 14.5 Å². The Morgan fingerprint density at radius 1 is 1.00 bits per heavy atom. The van der Waals surface area contributed by atoms with E-state index in [9.17, 15) is 4.57 Å². The minimum absolute atomic E-state index is 0.0563. The van der Waals surface area contributed by atoms with Gasteiger partial charge in [-0.2, -0.15) is 0 Å². The molecule has 0 bridgehead atoms. The van der Waals surface area contributed by atoms with E-state index in [-0.39, 0.29) is 13.2 Å². The lowest BCUT2D eigenvalue weighted by Gasteiger charge is -2.06. The van der Waals surface area contributed by atoms with E-state index in [1.54, 1.807) is 0 Å². The zero-order valence-electron chi connectivity index (χ0n) is 9.22. The van der Waals surface area contributed by atoms with E-state index in [4.69, 9.17) is 14.5 Å². The van der Waals surface area contributed by atoms with Gasteiger partial charge in [-0.25, -0.2) is 4.57 Å². The number of phosphoric acid groups is 1. The van der Waals surface area contributed by atoms with Gasteiger partial charge in [-0.05, 0) is 6.42 Å². The molecular formula is C9H21O5P. The van der Waals surface area contributed by atoms with E-state index >= 15 is 0 Å². The van der Waals surface area contributed by atoms with Crippen molar-refractivity contribution in [3.63, 3.8) is 0 Å². The maximum absolute atomic E-state index is 10.3. The molecule has 92 valence electrons. The second kappa shape index (κ2) is 9.31. The summed E-state index contributed by atoms with van der Waals surface area (Å²) in [6, 6.07) is 0. The number of rotatable bonds is 10. The highest BCUT2D eigenvalue weighted by Crippen LogP contribution is 2.35. The van der Waals surface area contributed by atoms with Gasteiger partial charge in [0.25, 0.3) is 0 Å². The van der Waals surface area contributed by atoms with E-state index in [0.717, 1.165) is 12.8 Å². The average molecular weight is 240 g/mol. The molecular weight excluding hydrogens is 219 g/mol. The van der Waals surface area contributed by atoms with Crippen LogP contribution in [-0.2, 0) is 13.8 Å². The number of unbranched alkanes of at least 4 members (excludes halogenated alkanes) is 4. The van der Waals surface area contributed by atoms with E-state index in [0.29, 0.717) is 6.61 Å². The van der Waals surface area contributed by atoms with Gasteiger partial charge in [0.15, 0.2) is 0 Å². The third-order valence-corrected chi connectivity index (χ3v) is 2.40. The molecule has 0 aliphatic rings. The van der Waals surface area contributed by atoms with E-state index in [1.165, 1.54) is 19.3 Å². The van der Waals surface area contributed by atoms with Crippen molar-refractivity contribution in [3.05, 3.63) is 0 Å². The minimum atomic E-state index is -4.32. The third-order valence-electron chi connectivity index (χ3n) is 1.88. The smallest absolute Gasteiger partial charge is 0.379 e. The van der Waals surface area contributed by atoms with Crippen molar-refractivity contribution in [2.75, 3.05) is 19.8 Å². The van der Waals surface area contributed by atoms with Crippen LogP contribution in [-0.4, -0.2) is 29.6 Å². The van der Waals surface area contributed by atoms with Crippen LogP contribution in [0.1, 0.15) is 39.0 Å². The first-order valence-electron chi connectivity index (χ1n) is 5.34. The average Bonchev–Trinajstić information content (AvgIpc) is 2.14. The minimum Gasteiger partial charge on any atom is -0.379 e. The van der Waals surface area contributed by atoms with Crippen molar-refractivity contribution in [2.24, 2.45) is 0 Å². The predicted molar refractivity (Wildman–Crippen MR) is 57.6 cm³/mol. The molecule has 0 aromatic rings. The number of phosphoric ester groups is 1. The largest absolute Gasteiger partial charge is 0.469 e. The summed E-state index contributed by atoms with van der Waals surface area (Å²) in [7, 11) is -4.32. The van der Waals surface area contributed by atoms with Crippen molar-refractivity contribution < 1.29 is 23.6 Å². The maximum Gasteiger partial charge on any atom is 0.469 e. The van der Waals surface area contributed by atoms with Crippen LogP contribution in [0.15, 0.2) is 0 Å². The molecule has 0 rings (SSSR count). The van der Waals surface area contributed by atoms with Gasteiger partial charge >= 0.3 is 7.82 Å². The second-order valence-electron chi connectivity index (χ2n) is 3.35. The molecule has 0 heterocycles. The van der Waals surface area contributed by atoms with Crippen molar-refractivity contribution in [1.82, 2.24) is 0 Å². The predicted octanol–water partition coefficient (Wildman–Crippen LogP) is 2.08. The monoisotopic (exact) mass is 240 g/mol. The first-order chi connectivity index (χ1) is 7.06. The fraction of sp³-hybridized carbons (Fsp3) is 1.00. The zero-order valence-corrected chi connectivity index (χ0v) is 10.1. The molecule has 0 aliphatic heterocycles. The molecule has 0 saturated carbocycles. The van der Waals surface area contributed by atoms with Gasteiger partial charge in [-0.15, -0.1) is 0 Å². The summed E-state index contributed by atoms with van der Waals surface area (Å²) in [5.74, 6) is 0. The first kappa shape index (κ1) is 15.1. The Kier molecular flexibility index (Phi) is 9.35. The molecule has 0 unspecified atom stereocenters. The molecule has 5 nitrogen and oxygen atoms in total. The quantitative estimate of drug-likeness (QED) is 0.451. The van der Waals surface area contributed by atoms with Gasteiger partial charge in [0.1, 0.15) is 0 Å². The lowest BCUT2D eigenvalue weighted by molar-refractivity contribution is 0.0831. The third kappa shape index (κ3) is 14.1. The molecule has 0 aliphatic carbocycles. The molecule has 0 aromatic carbocycles. The van der Waals surface area contributed by atoms with Gasteiger partial charge in [0, 0.05) is 6.61 Å². The van der Waals surface area contributed by atoms with Crippen LogP contribution in [0.25, 0.3) is 0 Å². The SMILES string of the molecule is CCCCCCCOCCOP(=O)(O)O. The Hall–Kier alpha value is 0.0700. The summed E-state index contributed by atoms with van der Waals surface area (Å²) in [5, 5.41) is 0. The Labute approximate surface area is 91.0 Å². The van der Waals surface area contributed by atoms with E-state index in [2.05, 4.69) is 11.4 Å². The summed E-state index contributed by atoms with van der Waals surface area (Å²) >= 11 is 0. The summed E-state index contributed by atoms with van der Waals surface area (Å²) in [5.41, 5.74) is 0. The van der Waals surface area contributed by atoms with Gasteiger partial charge in [0.05, 0.1) is 13.2 Å². The first-order valence-corrected chi connectivity index (χ1v) is 6.87. The fourth-order valence-electron chi connectivity index (χ4n) is 1.12. The molecule has 2 N–H and O–H groups in total. The number of ether oxygens (including phenoxy) is 1. The highest BCUT2D eigenvalue weighted by Gasteiger charge is 2.12. The Bertz CT molecular complexity index is 179. The lowest BCUT2D eigenvalue weighted by atomic mass is 10.2. The number of hydrogen-bond donors (Lipinski definition) is 2. The molecule has 0 fully saturated rings. The van der Waals surface area contributed by atoms with Crippen LogP contribution >= 0.6 is 7.82 Å². The van der Waals surface area contributed by atoms with Crippen molar-refractivity contribution in [3.8, 4) is 0 Å². The van der Waals surface area contributed by atoms with Crippen molar-refractivity contribution in [2.45, 2.75) is 39.0 Å². The second-order valence-corrected chi connectivity index (χ2v) is 4.59. The molecule has 0 amide bonds. The number of hydrogen-bond acceptors (Lipinski definition) is 3. The van der Waals surface area contributed by atoms with Crippen molar-refractivity contribution >= 4 is 7.82 Å². The van der Waals surface area contributed by atoms with Crippen LogP contribution in [0.4, 0.5) is 0 Å². The Morgan fingerprint density at radius 2 is 1.67 bits per heavy atom. The highest BCUT2D eigenvalue weighted by atomic mass is 31.2. The standard InChI is InChI=1S/C9H21O5P/c1-2-3-4-5-6-7-13-8-9-14-15(10,11)12/h2-9H2,1H3,(H2,10,11,12). The Balaban J connectivity index is 3.02. The normalized spacial score (nSPS) is 11.9. The molecule has 0 atom stereocenters. The van der Waals surface area contributed by atoms with Crippen LogP contribution in [0.5, 0.6) is 0 Å². The van der Waals surface area contributed by atoms with E-state index < -0.39 is 7.82 Å². The molecule has 0 saturated heterocycles. The van der Waals surface area contributed by atoms with Crippen LogP contribution < -0.4 is 0 Å². The van der Waals surface area contributed by atoms with Crippen LogP contribution in [0, 0.1) is 0 Å². The lowest BCUT2D eigenvalue weighted by Crippen LogP contribution is -2.04. The van der Waals surface area contributed by atoms with Gasteiger partial charge in [-0.3, -0.25) is 4.52 Å². The topological polar surface area (TPSA) is 76.0 Å².